The summed E-state index contributed by atoms with van der Waals surface area (Å²) in [6.45, 7) is 0.105. The van der Waals surface area contributed by atoms with Gasteiger partial charge in [-0.2, -0.15) is 0 Å². The van der Waals surface area contributed by atoms with Gasteiger partial charge in [-0.25, -0.2) is 4.98 Å². The number of hydrogen-bond donors (Lipinski definition) is 1. The molecule has 0 spiro atoms. The first-order valence-electron chi connectivity index (χ1n) is 5.15. The molecule has 0 saturated heterocycles. The molecule has 0 radical (unpaired) electrons. The zero-order chi connectivity index (χ0) is 12.3. The lowest BCUT2D eigenvalue weighted by Gasteiger charge is -2.04. The number of ether oxygens (including phenoxy) is 1. The molecule has 0 aliphatic heterocycles. The molecule has 0 aliphatic carbocycles. The molecule has 17 heavy (non-hydrogen) atoms. The summed E-state index contributed by atoms with van der Waals surface area (Å²) in [5.41, 5.74) is 1.86. The van der Waals surface area contributed by atoms with Gasteiger partial charge in [0.15, 0.2) is 0 Å². The fourth-order valence-electron chi connectivity index (χ4n) is 1.53. The molecule has 3 nitrogen and oxygen atoms in total. The van der Waals surface area contributed by atoms with Gasteiger partial charge in [0.1, 0.15) is 10.8 Å². The van der Waals surface area contributed by atoms with Gasteiger partial charge in [0, 0.05) is 13.0 Å². The summed E-state index contributed by atoms with van der Waals surface area (Å²) in [6, 6.07) is 7.78. The van der Waals surface area contributed by atoms with Crippen LogP contribution in [0.2, 0.25) is 0 Å². The van der Waals surface area contributed by atoms with Crippen LogP contribution in [0, 0.1) is 0 Å². The van der Waals surface area contributed by atoms with E-state index in [-0.39, 0.29) is 6.61 Å². The maximum Gasteiger partial charge on any atom is 0.129 e. The van der Waals surface area contributed by atoms with Gasteiger partial charge in [0.05, 0.1) is 22.2 Å². The smallest absolute Gasteiger partial charge is 0.129 e. The van der Waals surface area contributed by atoms with Crippen molar-refractivity contribution in [2.45, 2.75) is 6.42 Å². The predicted molar refractivity (Wildman–Crippen MR) is 72.6 cm³/mol. The van der Waals surface area contributed by atoms with E-state index in [1.165, 1.54) is 0 Å². The van der Waals surface area contributed by atoms with Crippen LogP contribution in [0.5, 0.6) is 5.75 Å². The third kappa shape index (κ3) is 2.68. The standard InChI is InChI=1S/C12H12BrNO2S/c1-16-10-5-3-2-4-8(10)12-14-9(6-7-15)11(13)17-12/h2-5,15H,6-7H2,1H3. The average molecular weight is 314 g/mol. The van der Waals surface area contributed by atoms with Crippen LogP contribution in [0.15, 0.2) is 28.1 Å². The topological polar surface area (TPSA) is 42.4 Å². The Morgan fingerprint density at radius 1 is 1.41 bits per heavy atom. The highest BCUT2D eigenvalue weighted by Gasteiger charge is 2.13. The van der Waals surface area contributed by atoms with Crippen LogP contribution >= 0.6 is 27.3 Å². The van der Waals surface area contributed by atoms with E-state index in [0.717, 1.165) is 25.8 Å². The normalized spacial score (nSPS) is 10.5. The molecule has 1 aromatic heterocycles. The molecule has 90 valence electrons. The minimum Gasteiger partial charge on any atom is -0.496 e. The Kier molecular flexibility index (Phi) is 4.15. The van der Waals surface area contributed by atoms with Crippen molar-refractivity contribution in [3.8, 4) is 16.3 Å². The van der Waals surface area contributed by atoms with Crippen LogP contribution in [-0.2, 0) is 6.42 Å². The number of thiazole rings is 1. The molecular formula is C12H12BrNO2S. The van der Waals surface area contributed by atoms with Gasteiger partial charge in [-0.05, 0) is 28.1 Å². The summed E-state index contributed by atoms with van der Waals surface area (Å²) in [5.74, 6) is 0.810. The first kappa shape index (κ1) is 12.5. The molecular weight excluding hydrogens is 302 g/mol. The number of hydrogen-bond acceptors (Lipinski definition) is 4. The SMILES string of the molecule is COc1ccccc1-c1nc(CCO)c(Br)s1. The highest BCUT2D eigenvalue weighted by molar-refractivity contribution is 9.11. The number of nitrogens with zero attached hydrogens (tertiary/aromatic N) is 1. The van der Waals surface area contributed by atoms with E-state index < -0.39 is 0 Å². The van der Waals surface area contributed by atoms with E-state index in [0.29, 0.717) is 6.42 Å². The minimum atomic E-state index is 0.105. The molecule has 0 bridgehead atoms. The zero-order valence-corrected chi connectivity index (χ0v) is 11.7. The van der Waals surface area contributed by atoms with E-state index in [4.69, 9.17) is 9.84 Å². The van der Waals surface area contributed by atoms with Crippen LogP contribution < -0.4 is 4.74 Å². The Labute approximate surface area is 112 Å². The van der Waals surface area contributed by atoms with Gasteiger partial charge in [-0.1, -0.05) is 12.1 Å². The van der Waals surface area contributed by atoms with Gasteiger partial charge < -0.3 is 9.84 Å². The number of rotatable bonds is 4. The van der Waals surface area contributed by atoms with E-state index in [9.17, 15) is 0 Å². The number of halogens is 1. The van der Waals surface area contributed by atoms with Crippen molar-refractivity contribution in [2.75, 3.05) is 13.7 Å². The van der Waals surface area contributed by atoms with Crippen molar-refractivity contribution in [3.63, 3.8) is 0 Å². The van der Waals surface area contributed by atoms with E-state index in [1.54, 1.807) is 18.4 Å². The first-order chi connectivity index (χ1) is 8.26. The summed E-state index contributed by atoms with van der Waals surface area (Å²) >= 11 is 5.02. The molecule has 1 N–H and O–H groups in total. The van der Waals surface area contributed by atoms with Gasteiger partial charge in [-0.3, -0.25) is 0 Å². The quantitative estimate of drug-likeness (QED) is 0.943. The number of aliphatic hydroxyl groups is 1. The second-order valence-electron chi connectivity index (χ2n) is 3.41. The molecule has 0 atom stereocenters. The summed E-state index contributed by atoms with van der Waals surface area (Å²) in [5, 5.41) is 9.84. The lowest BCUT2D eigenvalue weighted by molar-refractivity contribution is 0.298. The van der Waals surface area contributed by atoms with Crippen LogP contribution in [0.25, 0.3) is 10.6 Å². The van der Waals surface area contributed by atoms with Crippen LogP contribution in [0.1, 0.15) is 5.69 Å². The highest BCUT2D eigenvalue weighted by atomic mass is 79.9. The molecule has 0 saturated carbocycles. The van der Waals surface area contributed by atoms with Gasteiger partial charge in [-0.15, -0.1) is 11.3 Å². The minimum absolute atomic E-state index is 0.105. The number of benzene rings is 1. The van der Waals surface area contributed by atoms with E-state index in [1.807, 2.05) is 24.3 Å². The van der Waals surface area contributed by atoms with Crippen molar-refractivity contribution in [1.29, 1.82) is 0 Å². The lowest BCUT2D eigenvalue weighted by Crippen LogP contribution is -1.92. The largest absolute Gasteiger partial charge is 0.496 e. The Morgan fingerprint density at radius 3 is 2.88 bits per heavy atom. The monoisotopic (exact) mass is 313 g/mol. The zero-order valence-electron chi connectivity index (χ0n) is 9.31. The van der Waals surface area contributed by atoms with Crippen molar-refractivity contribution >= 4 is 27.3 Å². The molecule has 2 aromatic rings. The first-order valence-corrected chi connectivity index (χ1v) is 6.76. The molecule has 1 heterocycles. The van der Waals surface area contributed by atoms with Gasteiger partial charge >= 0.3 is 0 Å². The van der Waals surface area contributed by atoms with Crippen molar-refractivity contribution < 1.29 is 9.84 Å². The Bertz CT molecular complexity index is 513. The number of aliphatic hydroxyl groups excluding tert-OH is 1. The maximum atomic E-state index is 8.94. The second kappa shape index (κ2) is 5.62. The summed E-state index contributed by atoms with van der Waals surface area (Å²) in [6.07, 6.45) is 0.562. The van der Waals surface area contributed by atoms with Crippen LogP contribution in [0.4, 0.5) is 0 Å². The van der Waals surface area contributed by atoms with E-state index in [2.05, 4.69) is 20.9 Å². The fraction of sp³-hybridized carbons (Fsp3) is 0.250. The van der Waals surface area contributed by atoms with Crippen LogP contribution in [-0.4, -0.2) is 23.8 Å². The van der Waals surface area contributed by atoms with Crippen molar-refractivity contribution in [1.82, 2.24) is 4.98 Å². The number of methoxy groups -OCH3 is 1. The Hall–Kier alpha value is -0.910. The van der Waals surface area contributed by atoms with Gasteiger partial charge in [0.2, 0.25) is 0 Å². The predicted octanol–water partition coefficient (Wildman–Crippen LogP) is 3.12. The maximum absolute atomic E-state index is 8.94. The molecule has 0 amide bonds. The number of aromatic nitrogens is 1. The molecule has 5 heteroatoms. The number of para-hydroxylation sites is 1. The Balaban J connectivity index is 2.42. The molecule has 0 aliphatic rings. The summed E-state index contributed by atoms with van der Waals surface area (Å²) in [4.78, 5) is 4.51. The lowest BCUT2D eigenvalue weighted by atomic mass is 10.2. The molecule has 0 fully saturated rings. The Morgan fingerprint density at radius 2 is 2.18 bits per heavy atom. The van der Waals surface area contributed by atoms with Crippen LogP contribution in [0.3, 0.4) is 0 Å². The van der Waals surface area contributed by atoms with Crippen molar-refractivity contribution in [2.24, 2.45) is 0 Å². The second-order valence-corrected chi connectivity index (χ2v) is 5.73. The third-order valence-electron chi connectivity index (χ3n) is 2.34. The summed E-state index contributed by atoms with van der Waals surface area (Å²) < 4.78 is 6.28. The van der Waals surface area contributed by atoms with Gasteiger partial charge in [0.25, 0.3) is 0 Å². The molecule has 2 rings (SSSR count). The highest BCUT2D eigenvalue weighted by Crippen LogP contribution is 2.36. The fourth-order valence-corrected chi connectivity index (χ4v) is 3.15. The molecule has 1 aromatic carbocycles. The average Bonchev–Trinajstić information content (AvgIpc) is 2.71. The summed E-state index contributed by atoms with van der Waals surface area (Å²) in [7, 11) is 1.65. The third-order valence-corrected chi connectivity index (χ3v) is 4.20. The molecule has 0 unspecified atom stereocenters. The van der Waals surface area contributed by atoms with E-state index >= 15 is 0 Å². The van der Waals surface area contributed by atoms with Crippen molar-refractivity contribution in [3.05, 3.63) is 33.7 Å².